The molecular weight excluding hydrogens is 350 g/mol. The molecular formula is C23H27N3O2. The van der Waals surface area contributed by atoms with Crippen LogP contribution in [0.15, 0.2) is 53.1 Å². The average molecular weight is 377 g/mol. The zero-order valence-corrected chi connectivity index (χ0v) is 16.4. The molecule has 1 saturated heterocycles. The molecule has 1 aromatic heterocycles. The molecule has 2 heterocycles. The lowest BCUT2D eigenvalue weighted by atomic mass is 9.91. The van der Waals surface area contributed by atoms with Crippen LogP contribution in [0.5, 0.6) is 0 Å². The van der Waals surface area contributed by atoms with Crippen LogP contribution in [0.2, 0.25) is 0 Å². The van der Waals surface area contributed by atoms with E-state index < -0.39 is 0 Å². The second-order valence-corrected chi connectivity index (χ2v) is 7.77. The molecule has 1 aliphatic heterocycles. The van der Waals surface area contributed by atoms with Gasteiger partial charge < -0.3 is 9.84 Å². The number of fused-ring (bicyclic) bond motifs is 1. The fraction of sp³-hybridized carbons (Fsp3) is 0.391. The largest absolute Gasteiger partial charge is 0.356 e. The highest BCUT2D eigenvalue weighted by Crippen LogP contribution is 2.27. The second kappa shape index (κ2) is 8.57. The molecule has 5 heteroatoms. The van der Waals surface area contributed by atoms with Crippen LogP contribution in [-0.4, -0.2) is 29.1 Å². The predicted octanol–water partition coefficient (Wildman–Crippen LogP) is 4.63. The Morgan fingerprint density at radius 1 is 1.18 bits per heavy atom. The normalized spacial score (nSPS) is 15.8. The minimum atomic E-state index is -0.0698. The van der Waals surface area contributed by atoms with Crippen LogP contribution in [0, 0.1) is 5.92 Å². The molecule has 3 aromatic rings. The number of benzene rings is 2. The topological polar surface area (TPSA) is 58.4 Å². The first-order valence-electron chi connectivity index (χ1n) is 10.1. The Labute approximate surface area is 165 Å². The van der Waals surface area contributed by atoms with Crippen molar-refractivity contribution >= 4 is 22.6 Å². The predicted molar refractivity (Wildman–Crippen MR) is 111 cm³/mol. The maximum absolute atomic E-state index is 11.3. The number of rotatable bonds is 6. The summed E-state index contributed by atoms with van der Waals surface area (Å²) >= 11 is 0. The molecule has 146 valence electrons. The van der Waals surface area contributed by atoms with Gasteiger partial charge in [-0.25, -0.2) is 0 Å². The van der Waals surface area contributed by atoms with Crippen LogP contribution in [0.3, 0.4) is 0 Å². The van der Waals surface area contributed by atoms with Crippen LogP contribution >= 0.6 is 0 Å². The lowest BCUT2D eigenvalue weighted by Gasteiger charge is -2.31. The number of carbonyl (C=O) groups excluding carboxylic acids is 1. The molecule has 1 aliphatic rings. The summed E-state index contributed by atoms with van der Waals surface area (Å²) in [5.41, 5.74) is 3.96. The van der Waals surface area contributed by atoms with Gasteiger partial charge in [0.05, 0.1) is 5.69 Å². The van der Waals surface area contributed by atoms with E-state index >= 15 is 0 Å². The van der Waals surface area contributed by atoms with Crippen LogP contribution in [0.1, 0.15) is 37.4 Å². The second-order valence-electron chi connectivity index (χ2n) is 7.77. The minimum Gasteiger partial charge on any atom is -0.356 e. The van der Waals surface area contributed by atoms with E-state index in [1.54, 1.807) is 0 Å². The summed E-state index contributed by atoms with van der Waals surface area (Å²) in [6.07, 6.45) is 4.52. The van der Waals surface area contributed by atoms with Crippen LogP contribution in [0.25, 0.3) is 11.0 Å². The molecule has 0 aliphatic carbocycles. The summed E-state index contributed by atoms with van der Waals surface area (Å²) in [4.78, 5) is 13.8. The minimum absolute atomic E-state index is 0.0698. The van der Waals surface area contributed by atoms with Crippen molar-refractivity contribution in [2.45, 2.75) is 39.2 Å². The summed E-state index contributed by atoms with van der Waals surface area (Å²) in [7, 11) is 0. The zero-order chi connectivity index (χ0) is 19.3. The summed E-state index contributed by atoms with van der Waals surface area (Å²) in [5, 5.41) is 8.11. The summed E-state index contributed by atoms with van der Waals surface area (Å²) < 4.78 is 5.46. The van der Waals surface area contributed by atoms with E-state index in [4.69, 9.17) is 4.52 Å². The van der Waals surface area contributed by atoms with E-state index in [2.05, 4.69) is 45.7 Å². The van der Waals surface area contributed by atoms with Gasteiger partial charge in [-0.3, -0.25) is 9.69 Å². The van der Waals surface area contributed by atoms with Gasteiger partial charge in [0.2, 0.25) is 5.91 Å². The monoisotopic (exact) mass is 377 g/mol. The smallest absolute Gasteiger partial charge is 0.221 e. The Kier molecular flexibility index (Phi) is 5.72. The first kappa shape index (κ1) is 18.7. The standard InChI is InChI=1S/C23H27N3O2/c1-17(27)24-20-8-10-23-21(15-20)22(25-28-23)9-7-18-11-13-26(14-12-18)16-19-5-3-2-4-6-19/h2-6,8,10,15,18H,7,9,11-14,16H2,1H3,(H,24,27). The van der Waals surface area contributed by atoms with Gasteiger partial charge in [-0.2, -0.15) is 0 Å². The third-order valence-corrected chi connectivity index (χ3v) is 5.61. The molecule has 0 bridgehead atoms. The average Bonchev–Trinajstić information content (AvgIpc) is 3.10. The van der Waals surface area contributed by atoms with Gasteiger partial charge in [0.1, 0.15) is 0 Å². The number of piperidine rings is 1. The van der Waals surface area contributed by atoms with Crippen molar-refractivity contribution in [2.75, 3.05) is 18.4 Å². The van der Waals surface area contributed by atoms with Crippen LogP contribution in [0.4, 0.5) is 5.69 Å². The first-order valence-corrected chi connectivity index (χ1v) is 10.1. The van der Waals surface area contributed by atoms with E-state index in [1.807, 2.05) is 18.2 Å². The van der Waals surface area contributed by atoms with E-state index in [9.17, 15) is 4.79 Å². The van der Waals surface area contributed by atoms with E-state index in [0.717, 1.165) is 60.7 Å². The van der Waals surface area contributed by atoms with Gasteiger partial charge in [0, 0.05) is 24.5 Å². The number of anilines is 1. The van der Waals surface area contributed by atoms with Gasteiger partial charge in [0.25, 0.3) is 0 Å². The number of likely N-dealkylation sites (tertiary alicyclic amines) is 1. The van der Waals surface area contributed by atoms with Crippen molar-refractivity contribution in [3.05, 3.63) is 59.8 Å². The van der Waals surface area contributed by atoms with E-state index in [-0.39, 0.29) is 5.91 Å². The maximum Gasteiger partial charge on any atom is 0.221 e. The molecule has 1 amide bonds. The van der Waals surface area contributed by atoms with E-state index in [0.29, 0.717) is 0 Å². The molecule has 2 aromatic carbocycles. The number of hydrogen-bond acceptors (Lipinski definition) is 4. The number of aryl methyl sites for hydroxylation is 1. The van der Waals surface area contributed by atoms with Crippen molar-refractivity contribution in [3.63, 3.8) is 0 Å². The maximum atomic E-state index is 11.3. The van der Waals surface area contributed by atoms with Crippen molar-refractivity contribution in [1.29, 1.82) is 0 Å². The highest BCUT2D eigenvalue weighted by molar-refractivity contribution is 5.92. The Morgan fingerprint density at radius 3 is 2.71 bits per heavy atom. The first-order chi connectivity index (χ1) is 13.7. The number of nitrogens with zero attached hydrogens (tertiary/aromatic N) is 2. The third-order valence-electron chi connectivity index (χ3n) is 5.61. The number of amides is 1. The zero-order valence-electron chi connectivity index (χ0n) is 16.4. The molecule has 0 saturated carbocycles. The van der Waals surface area contributed by atoms with Crippen LogP contribution < -0.4 is 5.32 Å². The lowest BCUT2D eigenvalue weighted by molar-refractivity contribution is -0.114. The molecule has 5 nitrogen and oxygen atoms in total. The Balaban J connectivity index is 1.31. The highest BCUT2D eigenvalue weighted by Gasteiger charge is 2.20. The summed E-state index contributed by atoms with van der Waals surface area (Å²) in [6, 6.07) is 16.4. The fourth-order valence-electron chi connectivity index (χ4n) is 4.07. The fourth-order valence-corrected chi connectivity index (χ4v) is 4.07. The van der Waals surface area contributed by atoms with Crippen molar-refractivity contribution in [3.8, 4) is 0 Å². The molecule has 28 heavy (non-hydrogen) atoms. The summed E-state index contributed by atoms with van der Waals surface area (Å²) in [5.74, 6) is 0.664. The number of nitrogens with one attached hydrogen (secondary N) is 1. The Hall–Kier alpha value is -2.66. The molecule has 0 radical (unpaired) electrons. The van der Waals surface area contributed by atoms with Crippen LogP contribution in [-0.2, 0) is 17.8 Å². The van der Waals surface area contributed by atoms with E-state index in [1.165, 1.54) is 25.3 Å². The molecule has 0 unspecified atom stereocenters. The molecule has 4 rings (SSSR count). The third kappa shape index (κ3) is 4.60. The molecule has 1 fully saturated rings. The highest BCUT2D eigenvalue weighted by atomic mass is 16.5. The van der Waals surface area contributed by atoms with Gasteiger partial charge in [-0.05, 0) is 68.5 Å². The SMILES string of the molecule is CC(=O)Nc1ccc2onc(CCC3CCN(Cc4ccccc4)CC3)c2c1. The molecule has 1 N–H and O–H groups in total. The quantitative estimate of drug-likeness (QED) is 0.680. The lowest BCUT2D eigenvalue weighted by Crippen LogP contribution is -2.33. The van der Waals surface area contributed by atoms with Crippen molar-refractivity contribution in [1.82, 2.24) is 10.1 Å². The Morgan fingerprint density at radius 2 is 1.96 bits per heavy atom. The number of hydrogen-bond donors (Lipinski definition) is 1. The van der Waals surface area contributed by atoms with Gasteiger partial charge >= 0.3 is 0 Å². The Bertz CT molecular complexity index is 927. The number of carbonyl (C=O) groups is 1. The van der Waals surface area contributed by atoms with Gasteiger partial charge in [0.15, 0.2) is 5.58 Å². The van der Waals surface area contributed by atoms with Gasteiger partial charge in [-0.15, -0.1) is 0 Å². The van der Waals surface area contributed by atoms with Gasteiger partial charge in [-0.1, -0.05) is 35.5 Å². The number of aromatic nitrogens is 1. The molecule has 0 atom stereocenters. The van der Waals surface area contributed by atoms with Crippen molar-refractivity contribution < 1.29 is 9.32 Å². The molecule has 0 spiro atoms. The van der Waals surface area contributed by atoms with Crippen molar-refractivity contribution in [2.24, 2.45) is 5.92 Å². The summed E-state index contributed by atoms with van der Waals surface area (Å²) in [6.45, 7) is 4.88.